The Kier molecular flexibility index (Phi) is 8.33. The molecule has 2 atom stereocenters. The van der Waals surface area contributed by atoms with Gasteiger partial charge in [-0.2, -0.15) is 0 Å². The second kappa shape index (κ2) is 8.70. The molecule has 0 aromatic rings. The van der Waals surface area contributed by atoms with Gasteiger partial charge in [0.2, 0.25) is 0 Å². The summed E-state index contributed by atoms with van der Waals surface area (Å²) < 4.78 is 0. The minimum atomic E-state index is 0.0338. The second-order valence-electron chi connectivity index (χ2n) is 12.7. The smallest absolute Gasteiger partial charge is 0.0175 e. The average molecular weight is 401 g/mol. The summed E-state index contributed by atoms with van der Waals surface area (Å²) in [4.78, 5) is 0. The van der Waals surface area contributed by atoms with E-state index >= 15 is 0 Å². The van der Waals surface area contributed by atoms with Crippen molar-refractivity contribution < 1.29 is 0 Å². The van der Waals surface area contributed by atoms with Crippen LogP contribution < -0.4 is 0 Å². The van der Waals surface area contributed by atoms with E-state index < -0.39 is 0 Å². The minimum Gasteiger partial charge on any atom is -0.0954 e. The Balaban J connectivity index is 3.03. The first kappa shape index (κ1) is 24.9. The summed E-state index contributed by atoms with van der Waals surface area (Å²) in [6.45, 7) is 30.0. The molecule has 0 saturated heterocycles. The van der Waals surface area contributed by atoms with Crippen molar-refractivity contribution in [1.82, 2.24) is 0 Å². The lowest BCUT2D eigenvalue weighted by Gasteiger charge is -2.48. The van der Waals surface area contributed by atoms with Crippen LogP contribution in [-0.4, -0.2) is 32.9 Å². The Morgan fingerprint density at radius 3 is 0.923 bits per heavy atom. The van der Waals surface area contributed by atoms with Crippen molar-refractivity contribution in [2.75, 3.05) is 12.3 Å². The van der Waals surface area contributed by atoms with E-state index in [1.807, 2.05) is 0 Å². The van der Waals surface area contributed by atoms with Gasteiger partial charge in [-0.3, -0.25) is 0 Å². The minimum absolute atomic E-state index is 0.0338. The van der Waals surface area contributed by atoms with Gasteiger partial charge in [-0.15, -0.1) is 0 Å². The van der Waals surface area contributed by atoms with Crippen molar-refractivity contribution in [2.45, 2.75) is 129 Å². The van der Waals surface area contributed by atoms with E-state index in [9.17, 15) is 0 Å². The van der Waals surface area contributed by atoms with Crippen LogP contribution in [0, 0.1) is 11.8 Å². The molecule has 1 rings (SSSR count). The zero-order chi connectivity index (χ0) is 20.6. The first-order chi connectivity index (χ1) is 11.4. The molecule has 0 amide bonds. The quantitative estimate of drug-likeness (QED) is 0.413. The highest BCUT2D eigenvalue weighted by Gasteiger charge is 2.41. The van der Waals surface area contributed by atoms with Crippen LogP contribution in [0.25, 0.3) is 0 Å². The Labute approximate surface area is 169 Å². The Morgan fingerprint density at radius 2 is 0.731 bits per heavy atom. The molecule has 0 N–H and O–H groups in total. The van der Waals surface area contributed by atoms with Crippen molar-refractivity contribution >= 4 is 15.8 Å². The van der Waals surface area contributed by atoms with Crippen LogP contribution in [0.4, 0.5) is 0 Å². The molecule has 156 valence electrons. The van der Waals surface area contributed by atoms with E-state index in [1.54, 1.807) is 0 Å². The highest BCUT2D eigenvalue weighted by atomic mass is 31.1. The zero-order valence-electron chi connectivity index (χ0n) is 20.3. The highest BCUT2D eigenvalue weighted by molar-refractivity contribution is 7.61. The first-order valence-corrected chi connectivity index (χ1v) is 14.0. The van der Waals surface area contributed by atoms with Gasteiger partial charge in [0.05, 0.1) is 0 Å². The van der Waals surface area contributed by atoms with E-state index in [-0.39, 0.29) is 15.8 Å². The monoisotopic (exact) mass is 400 g/mol. The Bertz CT molecular complexity index is 355. The fourth-order valence-corrected chi connectivity index (χ4v) is 13.5. The molecule has 0 spiro atoms. The summed E-state index contributed by atoms with van der Waals surface area (Å²) in [7, 11) is 0.0676. The van der Waals surface area contributed by atoms with Gasteiger partial charge in [-0.1, -0.05) is 112 Å². The van der Waals surface area contributed by atoms with Gasteiger partial charge in [0, 0.05) is 0 Å². The summed E-state index contributed by atoms with van der Waals surface area (Å²) in [6.07, 6.45) is 8.94. The van der Waals surface area contributed by atoms with Crippen molar-refractivity contribution in [3.05, 3.63) is 0 Å². The zero-order valence-corrected chi connectivity index (χ0v) is 22.1. The largest absolute Gasteiger partial charge is 0.0954 e. The number of rotatable bonds is 4. The number of hydrogen-bond acceptors (Lipinski definition) is 0. The predicted octanol–water partition coefficient (Wildman–Crippen LogP) is 8.95. The van der Waals surface area contributed by atoms with Crippen LogP contribution in [0.1, 0.15) is 109 Å². The topological polar surface area (TPSA) is 0 Å². The summed E-state index contributed by atoms with van der Waals surface area (Å²) in [5.74, 6) is 1.95. The lowest BCUT2D eigenvalue weighted by Crippen LogP contribution is -2.35. The van der Waals surface area contributed by atoms with Crippen molar-refractivity contribution in [1.29, 1.82) is 0 Å². The fourth-order valence-electron chi connectivity index (χ4n) is 5.34. The van der Waals surface area contributed by atoms with E-state index in [1.165, 1.54) is 38.0 Å². The van der Waals surface area contributed by atoms with E-state index in [0.717, 1.165) is 11.8 Å². The third-order valence-corrected chi connectivity index (χ3v) is 14.3. The summed E-state index contributed by atoms with van der Waals surface area (Å²) in [5.41, 5.74) is 0. The molecule has 0 aliphatic heterocycles. The molecule has 1 saturated carbocycles. The first-order valence-electron chi connectivity index (χ1n) is 11.0. The molecular formula is C24H50P2. The molecule has 0 bridgehead atoms. The molecule has 0 heterocycles. The maximum Gasteiger partial charge on any atom is -0.0175 e. The van der Waals surface area contributed by atoms with Gasteiger partial charge < -0.3 is 0 Å². The molecule has 0 aromatic carbocycles. The van der Waals surface area contributed by atoms with Crippen molar-refractivity contribution in [2.24, 2.45) is 11.8 Å². The van der Waals surface area contributed by atoms with Gasteiger partial charge in [0.15, 0.2) is 0 Å². The van der Waals surface area contributed by atoms with Gasteiger partial charge in [-0.25, -0.2) is 0 Å². The normalized spacial score (nSPS) is 23.8. The fraction of sp³-hybridized carbons (Fsp3) is 1.00. The van der Waals surface area contributed by atoms with Crippen molar-refractivity contribution in [3.63, 3.8) is 0 Å². The van der Waals surface area contributed by atoms with Crippen LogP contribution in [0.2, 0.25) is 0 Å². The van der Waals surface area contributed by atoms with E-state index in [2.05, 4.69) is 83.1 Å². The Hall–Kier alpha value is 0.860. The van der Waals surface area contributed by atoms with Crippen LogP contribution in [0.3, 0.4) is 0 Å². The second-order valence-corrected chi connectivity index (χ2v) is 20.5. The molecular weight excluding hydrogens is 350 g/mol. The molecule has 0 unspecified atom stereocenters. The highest BCUT2D eigenvalue weighted by Crippen LogP contribution is 2.64. The van der Waals surface area contributed by atoms with Gasteiger partial charge in [0.1, 0.15) is 0 Å². The van der Waals surface area contributed by atoms with E-state index in [0.29, 0.717) is 20.6 Å². The molecule has 1 fully saturated rings. The van der Waals surface area contributed by atoms with Crippen molar-refractivity contribution in [3.8, 4) is 0 Å². The summed E-state index contributed by atoms with van der Waals surface area (Å²) in [6, 6.07) is 0. The maximum absolute atomic E-state index is 2.50. The van der Waals surface area contributed by atoms with Crippen LogP contribution >= 0.6 is 15.8 Å². The van der Waals surface area contributed by atoms with Crippen LogP contribution in [0.15, 0.2) is 0 Å². The molecule has 1 aliphatic rings. The van der Waals surface area contributed by atoms with E-state index in [4.69, 9.17) is 0 Å². The molecule has 1 aliphatic carbocycles. The lowest BCUT2D eigenvalue weighted by molar-refractivity contribution is 0.281. The van der Waals surface area contributed by atoms with Gasteiger partial charge >= 0.3 is 0 Å². The van der Waals surface area contributed by atoms with Crippen LogP contribution in [0.5, 0.6) is 0 Å². The predicted molar refractivity (Wildman–Crippen MR) is 128 cm³/mol. The number of hydrogen-bond donors (Lipinski definition) is 0. The lowest BCUT2D eigenvalue weighted by atomic mass is 9.81. The third kappa shape index (κ3) is 7.36. The van der Waals surface area contributed by atoms with Gasteiger partial charge in [0.25, 0.3) is 0 Å². The van der Waals surface area contributed by atoms with Crippen LogP contribution in [-0.2, 0) is 0 Å². The average Bonchev–Trinajstić information content (AvgIpc) is 2.38. The summed E-state index contributed by atoms with van der Waals surface area (Å²) in [5, 5.41) is 1.87. The molecule has 26 heavy (non-hydrogen) atoms. The molecule has 0 nitrogen and oxygen atoms in total. The summed E-state index contributed by atoms with van der Waals surface area (Å²) >= 11 is 0. The molecule has 0 aromatic heterocycles. The SMILES string of the molecule is CC(C)(C)P(C[C@H]1CCCC[C@H]1CP(C(C)(C)C)C(C)(C)C)C(C)(C)C. The maximum atomic E-state index is 2.50. The Morgan fingerprint density at radius 1 is 0.500 bits per heavy atom. The molecule has 2 heteroatoms. The van der Waals surface area contributed by atoms with Gasteiger partial charge in [-0.05, 0) is 57.6 Å². The third-order valence-electron chi connectivity index (χ3n) is 6.14. The standard InChI is InChI=1S/C24H50P2/c1-21(2,3)25(22(4,5)6)17-19-15-13-14-16-20(19)18-26(23(7,8)9)24(10,11)12/h19-20H,13-18H2,1-12H3/t19-,20+. The molecule has 0 radical (unpaired) electrons.